The summed E-state index contributed by atoms with van der Waals surface area (Å²) < 4.78 is 2.58. The van der Waals surface area contributed by atoms with Crippen LogP contribution >= 0.6 is 22.9 Å². The third-order valence-corrected chi connectivity index (χ3v) is 7.63. The molecule has 4 aromatic rings. The van der Waals surface area contributed by atoms with Crippen LogP contribution in [0.3, 0.4) is 0 Å². The number of thiazole rings is 1. The summed E-state index contributed by atoms with van der Waals surface area (Å²) in [6.45, 7) is 2.06. The number of halogens is 1. The Morgan fingerprint density at radius 3 is 2.67 bits per heavy atom. The van der Waals surface area contributed by atoms with Gasteiger partial charge in [-0.1, -0.05) is 89.2 Å². The molecule has 2 heterocycles. The van der Waals surface area contributed by atoms with Crippen molar-refractivity contribution in [2.75, 3.05) is 0 Å². The van der Waals surface area contributed by atoms with Crippen LogP contribution in [0.2, 0.25) is 5.02 Å². The quantitative estimate of drug-likeness (QED) is 0.394. The maximum Gasteiger partial charge on any atom is 0.271 e. The lowest BCUT2D eigenvalue weighted by Gasteiger charge is -2.30. The van der Waals surface area contributed by atoms with Crippen LogP contribution < -0.4 is 14.9 Å². The molecule has 0 unspecified atom stereocenters. The highest BCUT2D eigenvalue weighted by Crippen LogP contribution is 2.41. The van der Waals surface area contributed by atoms with Gasteiger partial charge in [-0.05, 0) is 60.2 Å². The molecule has 1 aliphatic heterocycles. The highest BCUT2D eigenvalue weighted by Gasteiger charge is 2.32. The predicted octanol–water partition coefficient (Wildman–Crippen LogP) is 5.28. The second kappa shape index (κ2) is 7.98. The fourth-order valence-corrected chi connectivity index (χ4v) is 6.01. The first-order chi connectivity index (χ1) is 16.1. The number of benzene rings is 3. The van der Waals surface area contributed by atoms with E-state index in [-0.39, 0.29) is 11.6 Å². The summed E-state index contributed by atoms with van der Waals surface area (Å²) in [5, 5.41) is 0.689. The molecule has 1 aromatic heterocycles. The Labute approximate surface area is 200 Å². The molecule has 162 valence electrons. The van der Waals surface area contributed by atoms with Crippen molar-refractivity contribution in [3.8, 4) is 0 Å². The van der Waals surface area contributed by atoms with Gasteiger partial charge in [-0.2, -0.15) is 0 Å². The predicted molar refractivity (Wildman–Crippen MR) is 135 cm³/mol. The molecule has 5 heteroatoms. The maximum atomic E-state index is 13.7. The zero-order chi connectivity index (χ0) is 22.5. The van der Waals surface area contributed by atoms with Crippen LogP contribution in [0.4, 0.5) is 0 Å². The van der Waals surface area contributed by atoms with Gasteiger partial charge < -0.3 is 0 Å². The Bertz CT molecular complexity index is 1610. The van der Waals surface area contributed by atoms with Crippen LogP contribution in [-0.4, -0.2) is 4.57 Å². The molecule has 0 saturated heterocycles. The minimum atomic E-state index is -0.179. The van der Waals surface area contributed by atoms with Gasteiger partial charge in [0, 0.05) is 10.6 Å². The van der Waals surface area contributed by atoms with Crippen molar-refractivity contribution in [2.45, 2.75) is 25.8 Å². The molecule has 2 aliphatic rings. The minimum Gasteiger partial charge on any atom is -0.272 e. The van der Waals surface area contributed by atoms with Crippen molar-refractivity contribution in [3.63, 3.8) is 0 Å². The second-order valence-electron chi connectivity index (χ2n) is 8.58. The Balaban J connectivity index is 1.63. The first-order valence-corrected chi connectivity index (χ1v) is 12.2. The van der Waals surface area contributed by atoms with Crippen LogP contribution in [0.1, 0.15) is 40.3 Å². The Morgan fingerprint density at radius 2 is 1.85 bits per heavy atom. The summed E-state index contributed by atoms with van der Waals surface area (Å²) in [6, 6.07) is 24.4. The number of nitrogens with zero attached hydrogens (tertiary/aromatic N) is 2. The van der Waals surface area contributed by atoms with Crippen LogP contribution in [0.5, 0.6) is 0 Å². The van der Waals surface area contributed by atoms with Gasteiger partial charge >= 0.3 is 0 Å². The summed E-state index contributed by atoms with van der Waals surface area (Å²) in [5.41, 5.74) is 7.96. The van der Waals surface area contributed by atoms with E-state index in [1.54, 1.807) is 0 Å². The first kappa shape index (κ1) is 20.4. The average molecular weight is 469 g/mol. The van der Waals surface area contributed by atoms with Gasteiger partial charge in [0.05, 0.1) is 16.3 Å². The van der Waals surface area contributed by atoms with E-state index >= 15 is 0 Å². The Kier molecular flexibility index (Phi) is 4.93. The van der Waals surface area contributed by atoms with Gasteiger partial charge in [0.2, 0.25) is 0 Å². The molecule has 3 aromatic carbocycles. The highest BCUT2D eigenvalue weighted by atomic mass is 35.5. The zero-order valence-electron chi connectivity index (χ0n) is 18.1. The molecule has 0 N–H and O–H groups in total. The molecule has 1 aliphatic carbocycles. The van der Waals surface area contributed by atoms with Crippen molar-refractivity contribution in [2.24, 2.45) is 4.99 Å². The van der Waals surface area contributed by atoms with Crippen molar-refractivity contribution >= 4 is 34.7 Å². The zero-order valence-corrected chi connectivity index (χ0v) is 19.7. The topological polar surface area (TPSA) is 34.4 Å². The van der Waals surface area contributed by atoms with Crippen molar-refractivity contribution < 1.29 is 0 Å². The smallest absolute Gasteiger partial charge is 0.271 e. The van der Waals surface area contributed by atoms with E-state index in [2.05, 4.69) is 43.3 Å². The molecule has 6 rings (SSSR count). The van der Waals surface area contributed by atoms with Crippen LogP contribution in [0, 0.1) is 6.92 Å². The summed E-state index contributed by atoms with van der Waals surface area (Å²) in [5.74, 6) is 0. The molecular weight excluding hydrogens is 448 g/mol. The first-order valence-electron chi connectivity index (χ1n) is 11.0. The average Bonchev–Trinajstić information content (AvgIpc) is 3.13. The molecule has 1 atom stereocenters. The maximum absolute atomic E-state index is 13.7. The molecular formula is C28H21ClN2OS. The van der Waals surface area contributed by atoms with Crippen LogP contribution in [-0.2, 0) is 6.42 Å². The molecule has 33 heavy (non-hydrogen) atoms. The fraction of sp³-hybridized carbons (Fsp3) is 0.143. The van der Waals surface area contributed by atoms with E-state index in [0.29, 0.717) is 9.55 Å². The van der Waals surface area contributed by atoms with Gasteiger partial charge in [-0.3, -0.25) is 9.36 Å². The van der Waals surface area contributed by atoms with Gasteiger partial charge in [0.25, 0.3) is 5.56 Å². The summed E-state index contributed by atoms with van der Waals surface area (Å²) in [4.78, 5) is 19.5. The van der Waals surface area contributed by atoms with E-state index in [1.165, 1.54) is 33.6 Å². The molecule has 0 amide bonds. The Hall–Kier alpha value is -3.21. The largest absolute Gasteiger partial charge is 0.272 e. The number of fused-ring (bicyclic) bond motifs is 3. The summed E-state index contributed by atoms with van der Waals surface area (Å²) in [6.07, 6.45) is 3.81. The number of aromatic nitrogens is 1. The van der Waals surface area contributed by atoms with Crippen LogP contribution in [0.25, 0.3) is 11.8 Å². The number of rotatable bonds is 2. The van der Waals surface area contributed by atoms with Crippen molar-refractivity contribution in [3.05, 3.63) is 131 Å². The number of hydrogen-bond donors (Lipinski definition) is 0. The highest BCUT2D eigenvalue weighted by molar-refractivity contribution is 7.07. The minimum absolute atomic E-state index is 0.00520. The summed E-state index contributed by atoms with van der Waals surface area (Å²) >= 11 is 7.65. The van der Waals surface area contributed by atoms with Gasteiger partial charge in [-0.25, -0.2) is 4.99 Å². The SMILES string of the molecule is Cc1cccc(/C=c2\sc3n(c2=O)[C@@H](c2ccc(Cl)cc2)C2=C(N=3)c3ccccc3CC2)c1. The van der Waals surface area contributed by atoms with Gasteiger partial charge in [0.15, 0.2) is 4.80 Å². The molecule has 0 saturated carbocycles. The van der Waals surface area contributed by atoms with E-state index < -0.39 is 0 Å². The number of hydrogen-bond acceptors (Lipinski definition) is 3. The molecule has 0 radical (unpaired) electrons. The van der Waals surface area contributed by atoms with Gasteiger partial charge in [-0.15, -0.1) is 0 Å². The third kappa shape index (κ3) is 3.50. The lowest BCUT2D eigenvalue weighted by atomic mass is 9.83. The van der Waals surface area contributed by atoms with Gasteiger partial charge in [0.1, 0.15) is 0 Å². The number of aryl methyl sites for hydroxylation is 2. The fourth-order valence-electron chi connectivity index (χ4n) is 4.88. The van der Waals surface area contributed by atoms with Crippen molar-refractivity contribution in [1.82, 2.24) is 4.57 Å². The lowest BCUT2D eigenvalue weighted by molar-refractivity contribution is 0.585. The van der Waals surface area contributed by atoms with E-state index in [0.717, 1.165) is 34.5 Å². The van der Waals surface area contributed by atoms with Crippen molar-refractivity contribution in [1.29, 1.82) is 0 Å². The molecule has 3 nitrogen and oxygen atoms in total. The summed E-state index contributed by atoms with van der Waals surface area (Å²) in [7, 11) is 0. The van der Waals surface area contributed by atoms with Crippen LogP contribution in [0.15, 0.2) is 88.2 Å². The lowest BCUT2D eigenvalue weighted by Crippen LogP contribution is -2.38. The molecule has 0 fully saturated rings. The standard InChI is InChI=1S/C28H21ClN2OS/c1-17-5-4-6-18(15-17)16-24-27(32)31-26(20-9-12-21(29)13-10-20)23-14-11-19-7-2-3-8-22(19)25(23)30-28(31)33-24/h2-10,12-13,15-16,26H,11,14H2,1H3/b24-16-/t26-/m0/s1. The van der Waals surface area contributed by atoms with E-state index in [9.17, 15) is 4.79 Å². The van der Waals surface area contributed by atoms with E-state index in [1.807, 2.05) is 47.0 Å². The monoisotopic (exact) mass is 468 g/mol. The van der Waals surface area contributed by atoms with E-state index in [4.69, 9.17) is 16.6 Å². The number of allylic oxidation sites excluding steroid dienone is 1. The molecule has 0 spiro atoms. The normalized spacial score (nSPS) is 17.3. The third-order valence-electron chi connectivity index (χ3n) is 6.40. The molecule has 0 bridgehead atoms. The Morgan fingerprint density at radius 1 is 1.03 bits per heavy atom. The second-order valence-corrected chi connectivity index (χ2v) is 10.0.